The summed E-state index contributed by atoms with van der Waals surface area (Å²) in [6.07, 6.45) is 1.53. The maximum Gasteiger partial charge on any atom is 0.350 e. The van der Waals surface area contributed by atoms with Gasteiger partial charge in [-0.2, -0.15) is 5.10 Å². The average molecular weight is 370 g/mol. The van der Waals surface area contributed by atoms with Gasteiger partial charge in [0.1, 0.15) is 4.88 Å². The normalized spacial score (nSPS) is 10.7. The summed E-state index contributed by atoms with van der Waals surface area (Å²) in [6.45, 7) is 1.73. The predicted molar refractivity (Wildman–Crippen MR) is 94.0 cm³/mol. The smallest absolute Gasteiger partial charge is 0.350 e. The molecule has 1 aromatic carbocycles. The molecule has 2 rings (SSSR count). The van der Waals surface area contributed by atoms with E-state index in [1.54, 1.807) is 19.1 Å². The van der Waals surface area contributed by atoms with Gasteiger partial charge in [0.2, 0.25) is 5.13 Å². The van der Waals surface area contributed by atoms with Crippen molar-refractivity contribution in [1.82, 2.24) is 4.98 Å². The highest BCUT2D eigenvalue weighted by Crippen LogP contribution is 2.36. The van der Waals surface area contributed by atoms with Crippen molar-refractivity contribution in [1.29, 1.82) is 0 Å². The number of thiazole rings is 1. The van der Waals surface area contributed by atoms with Gasteiger partial charge < -0.3 is 14.2 Å². The van der Waals surface area contributed by atoms with Crippen LogP contribution in [0.3, 0.4) is 0 Å². The number of rotatable bonds is 6. The second-order valence-corrected chi connectivity index (χ2v) is 5.88. The first-order chi connectivity index (χ1) is 11.5. The van der Waals surface area contributed by atoms with Gasteiger partial charge in [0.25, 0.3) is 0 Å². The Morgan fingerprint density at radius 2 is 2.08 bits per heavy atom. The molecular formula is C15H16ClN3O4S. The van der Waals surface area contributed by atoms with Crippen LogP contribution in [0, 0.1) is 6.92 Å². The Bertz CT molecular complexity index is 776. The largest absolute Gasteiger partial charge is 0.493 e. The molecule has 9 heteroatoms. The van der Waals surface area contributed by atoms with Crippen molar-refractivity contribution < 1.29 is 19.0 Å². The lowest BCUT2D eigenvalue weighted by Crippen LogP contribution is -1.99. The summed E-state index contributed by atoms with van der Waals surface area (Å²) < 4.78 is 15.1. The van der Waals surface area contributed by atoms with Crippen LogP contribution >= 0.6 is 22.9 Å². The van der Waals surface area contributed by atoms with Crippen molar-refractivity contribution in [2.45, 2.75) is 6.92 Å². The molecule has 0 fully saturated rings. The molecule has 0 amide bonds. The maximum atomic E-state index is 11.6. The second-order valence-electron chi connectivity index (χ2n) is 4.50. The first-order valence-corrected chi connectivity index (χ1v) is 7.96. The molecule has 0 aliphatic rings. The molecular weight excluding hydrogens is 354 g/mol. The number of hydrazone groups is 1. The van der Waals surface area contributed by atoms with Gasteiger partial charge in [0.15, 0.2) is 11.5 Å². The average Bonchev–Trinajstić information content (AvgIpc) is 2.96. The summed E-state index contributed by atoms with van der Waals surface area (Å²) in [5.41, 5.74) is 3.98. The predicted octanol–water partition coefficient (Wildman–Crippen LogP) is 3.35. The van der Waals surface area contributed by atoms with Crippen LogP contribution in [0.25, 0.3) is 0 Å². The standard InChI is InChI=1S/C15H16ClN3O4S/c1-8-13(14(20)23-4)24-15(18-8)19-17-7-9-5-6-10(21-2)12(22-3)11(9)16/h5-7H,1-4H3,(H,18,19)/b17-7-. The van der Waals surface area contributed by atoms with E-state index in [9.17, 15) is 4.79 Å². The first kappa shape index (κ1) is 18.0. The molecule has 0 radical (unpaired) electrons. The number of anilines is 1. The van der Waals surface area contributed by atoms with Crippen LogP contribution in [0.1, 0.15) is 20.9 Å². The van der Waals surface area contributed by atoms with Crippen molar-refractivity contribution in [3.63, 3.8) is 0 Å². The molecule has 0 aliphatic heterocycles. The number of halogens is 1. The molecule has 0 saturated heterocycles. The molecule has 24 heavy (non-hydrogen) atoms. The number of carbonyl (C=O) groups is 1. The van der Waals surface area contributed by atoms with Crippen LogP contribution in [-0.2, 0) is 4.74 Å². The van der Waals surface area contributed by atoms with E-state index in [-0.39, 0.29) is 0 Å². The molecule has 1 N–H and O–H groups in total. The number of hydrogen-bond acceptors (Lipinski definition) is 8. The van der Waals surface area contributed by atoms with E-state index in [4.69, 9.17) is 21.1 Å². The zero-order valence-corrected chi connectivity index (χ0v) is 15.1. The molecule has 1 aromatic heterocycles. The summed E-state index contributed by atoms with van der Waals surface area (Å²) in [4.78, 5) is 16.2. The molecule has 0 atom stereocenters. The molecule has 128 valence electrons. The molecule has 0 unspecified atom stereocenters. The monoisotopic (exact) mass is 369 g/mol. The van der Waals surface area contributed by atoms with Crippen LogP contribution in [0.2, 0.25) is 5.02 Å². The van der Waals surface area contributed by atoms with Gasteiger partial charge in [0, 0.05) is 5.56 Å². The van der Waals surface area contributed by atoms with Gasteiger partial charge in [-0.3, -0.25) is 5.43 Å². The van der Waals surface area contributed by atoms with E-state index in [0.29, 0.717) is 37.8 Å². The van der Waals surface area contributed by atoms with E-state index in [1.807, 2.05) is 0 Å². The number of esters is 1. The highest BCUT2D eigenvalue weighted by atomic mass is 35.5. The molecule has 2 aromatic rings. The van der Waals surface area contributed by atoms with Crippen LogP contribution in [0.4, 0.5) is 5.13 Å². The SMILES string of the molecule is COC(=O)c1sc(N/N=C\c2ccc(OC)c(OC)c2Cl)nc1C. The Morgan fingerprint density at radius 1 is 1.33 bits per heavy atom. The Kier molecular flexibility index (Phi) is 5.99. The third-order valence-electron chi connectivity index (χ3n) is 3.05. The Labute approximate surface area is 148 Å². The summed E-state index contributed by atoms with van der Waals surface area (Å²) in [5.74, 6) is 0.539. The van der Waals surface area contributed by atoms with Crippen molar-refractivity contribution in [3.05, 3.63) is 33.3 Å². The number of methoxy groups -OCH3 is 3. The zero-order chi connectivity index (χ0) is 17.7. The minimum Gasteiger partial charge on any atom is -0.493 e. The number of aryl methyl sites for hydroxylation is 1. The van der Waals surface area contributed by atoms with Crippen LogP contribution in [-0.4, -0.2) is 38.5 Å². The van der Waals surface area contributed by atoms with E-state index in [2.05, 4.69) is 20.2 Å². The zero-order valence-electron chi connectivity index (χ0n) is 13.5. The highest BCUT2D eigenvalue weighted by Gasteiger charge is 2.15. The van der Waals surface area contributed by atoms with Gasteiger partial charge in [-0.25, -0.2) is 9.78 Å². The maximum absolute atomic E-state index is 11.6. The van der Waals surface area contributed by atoms with E-state index >= 15 is 0 Å². The molecule has 0 bridgehead atoms. The minimum absolute atomic E-state index is 0.382. The fourth-order valence-corrected chi connectivity index (χ4v) is 3.00. The fraction of sp³-hybridized carbons (Fsp3) is 0.267. The van der Waals surface area contributed by atoms with E-state index < -0.39 is 5.97 Å². The number of nitrogens with zero attached hydrogens (tertiary/aromatic N) is 2. The summed E-state index contributed by atoms with van der Waals surface area (Å²) in [6, 6.07) is 3.48. The van der Waals surface area contributed by atoms with E-state index in [1.165, 1.54) is 27.5 Å². The van der Waals surface area contributed by atoms with Crippen molar-refractivity contribution >= 4 is 40.3 Å². The number of hydrogen-bond donors (Lipinski definition) is 1. The van der Waals surface area contributed by atoms with Gasteiger partial charge in [-0.15, -0.1) is 0 Å². The van der Waals surface area contributed by atoms with E-state index in [0.717, 1.165) is 11.3 Å². The van der Waals surface area contributed by atoms with Crippen LogP contribution < -0.4 is 14.9 Å². The Hall–Kier alpha value is -2.32. The Balaban J connectivity index is 2.17. The molecule has 0 saturated carbocycles. The minimum atomic E-state index is -0.426. The number of carbonyl (C=O) groups excluding carboxylic acids is 1. The molecule has 0 spiro atoms. The van der Waals surface area contributed by atoms with Gasteiger partial charge in [-0.1, -0.05) is 22.9 Å². The van der Waals surface area contributed by atoms with Crippen LogP contribution in [0.15, 0.2) is 17.2 Å². The number of ether oxygens (including phenoxy) is 3. The van der Waals surface area contributed by atoms with Crippen molar-refractivity contribution in [2.24, 2.45) is 5.10 Å². The molecule has 7 nitrogen and oxygen atoms in total. The lowest BCUT2D eigenvalue weighted by atomic mass is 10.2. The van der Waals surface area contributed by atoms with Gasteiger partial charge in [0.05, 0.1) is 38.3 Å². The van der Waals surface area contributed by atoms with Gasteiger partial charge in [-0.05, 0) is 19.1 Å². The second kappa shape index (κ2) is 7.98. The number of aromatic nitrogens is 1. The van der Waals surface area contributed by atoms with Crippen molar-refractivity contribution in [2.75, 3.05) is 26.8 Å². The summed E-state index contributed by atoms with van der Waals surface area (Å²) in [5, 5.41) is 4.94. The summed E-state index contributed by atoms with van der Waals surface area (Å²) >= 11 is 7.42. The first-order valence-electron chi connectivity index (χ1n) is 6.77. The Morgan fingerprint density at radius 3 is 2.71 bits per heavy atom. The lowest BCUT2D eigenvalue weighted by Gasteiger charge is -2.10. The molecule has 0 aliphatic carbocycles. The number of nitrogens with one attached hydrogen (secondary N) is 1. The summed E-state index contributed by atoms with van der Waals surface area (Å²) in [7, 11) is 4.37. The van der Waals surface area contributed by atoms with Crippen LogP contribution in [0.5, 0.6) is 11.5 Å². The topological polar surface area (TPSA) is 82.0 Å². The van der Waals surface area contributed by atoms with Gasteiger partial charge >= 0.3 is 5.97 Å². The van der Waals surface area contributed by atoms with Crippen molar-refractivity contribution in [3.8, 4) is 11.5 Å². The fourth-order valence-electron chi connectivity index (χ4n) is 1.89. The number of benzene rings is 1. The third-order valence-corrected chi connectivity index (χ3v) is 4.48. The third kappa shape index (κ3) is 3.77. The highest BCUT2D eigenvalue weighted by molar-refractivity contribution is 7.17. The molecule has 1 heterocycles. The quantitative estimate of drug-likeness (QED) is 0.477. The lowest BCUT2D eigenvalue weighted by molar-refractivity contribution is 0.0605.